The second-order valence-electron chi connectivity index (χ2n) is 6.39. The van der Waals surface area contributed by atoms with Gasteiger partial charge in [0.1, 0.15) is 0 Å². The van der Waals surface area contributed by atoms with Crippen molar-refractivity contribution in [3.63, 3.8) is 0 Å². The third kappa shape index (κ3) is 6.53. The van der Waals surface area contributed by atoms with Crippen LogP contribution in [0.5, 0.6) is 0 Å². The summed E-state index contributed by atoms with van der Waals surface area (Å²) in [6, 6.07) is 13.0. The number of aryl methyl sites for hydroxylation is 2. The largest absolute Gasteiger partial charge is 3.00 e. The topological polar surface area (TPSA) is 12.0 Å². The van der Waals surface area contributed by atoms with Gasteiger partial charge in [-0.15, -0.1) is 0 Å². The molecule has 4 heteroatoms. The van der Waals surface area contributed by atoms with Gasteiger partial charge in [-0.2, -0.15) is 22.8 Å². The van der Waals surface area contributed by atoms with E-state index in [0.717, 1.165) is 6.42 Å². The molecule has 0 aliphatic heterocycles. The van der Waals surface area contributed by atoms with Crippen molar-refractivity contribution in [3.8, 4) is 0 Å². The average molecular weight is 417 g/mol. The van der Waals surface area contributed by atoms with Crippen molar-refractivity contribution in [3.05, 3.63) is 58.7 Å². The van der Waals surface area contributed by atoms with Gasteiger partial charge in [0.05, 0.1) is 0 Å². The molecule has 0 heterocycles. The van der Waals surface area contributed by atoms with E-state index in [9.17, 15) is 0 Å². The maximum Gasteiger partial charge on any atom is 3.00 e. The molecule has 119 valence electrons. The zero-order chi connectivity index (χ0) is 14.0. The summed E-state index contributed by atoms with van der Waals surface area (Å²) in [5.74, 6) is 0. The van der Waals surface area contributed by atoms with Crippen LogP contribution in [0.25, 0.3) is 0 Å². The fraction of sp³-hybridized carbons (Fsp3) is 0.389. The quantitative estimate of drug-likeness (QED) is 0.622. The van der Waals surface area contributed by atoms with E-state index in [4.69, 9.17) is 0 Å². The summed E-state index contributed by atoms with van der Waals surface area (Å²) < 4.78 is 0. The van der Waals surface area contributed by atoms with E-state index < -0.39 is 0 Å². The number of nitrogens with one attached hydrogen (secondary N) is 1. The molecule has 0 saturated carbocycles. The van der Waals surface area contributed by atoms with E-state index in [-0.39, 0.29) is 56.6 Å². The van der Waals surface area contributed by atoms with Gasteiger partial charge >= 0.3 is 26.2 Å². The fourth-order valence-electron chi connectivity index (χ4n) is 2.43. The molecular formula is C18H24Cl2NZr. The first kappa shape index (κ1) is 24.1. The molecule has 1 N–H and O–H groups in total. The summed E-state index contributed by atoms with van der Waals surface area (Å²) in [7, 11) is 0. The van der Waals surface area contributed by atoms with Crippen molar-refractivity contribution >= 4 is 5.69 Å². The molecule has 0 saturated heterocycles. The number of anilines is 1. The maximum atomic E-state index is 3.60. The second kappa shape index (κ2) is 9.86. The van der Waals surface area contributed by atoms with Gasteiger partial charge in [0.25, 0.3) is 0 Å². The Morgan fingerprint density at radius 2 is 1.64 bits per heavy atom. The van der Waals surface area contributed by atoms with Crippen LogP contribution in [-0.4, -0.2) is 5.54 Å². The third-order valence-corrected chi connectivity index (χ3v) is 3.43. The van der Waals surface area contributed by atoms with Crippen molar-refractivity contribution in [1.82, 2.24) is 0 Å². The fourth-order valence-corrected chi connectivity index (χ4v) is 2.43. The van der Waals surface area contributed by atoms with Gasteiger partial charge in [-0.05, 0) is 38.8 Å². The van der Waals surface area contributed by atoms with Crippen LogP contribution in [-0.2, 0) is 32.6 Å². The van der Waals surface area contributed by atoms with Crippen LogP contribution in [0.2, 0.25) is 0 Å². The average Bonchev–Trinajstić information content (AvgIpc) is 2.61. The summed E-state index contributed by atoms with van der Waals surface area (Å²) in [6.07, 6.45) is 1.00. The Kier molecular flexibility index (Phi) is 10.8. The van der Waals surface area contributed by atoms with Gasteiger partial charge in [0.15, 0.2) is 0 Å². The normalized spacial score (nSPS) is 10.0. The maximum absolute atomic E-state index is 3.60. The predicted octanol–water partition coefficient (Wildman–Crippen LogP) is -1.17. The van der Waals surface area contributed by atoms with Gasteiger partial charge in [-0.1, -0.05) is 32.0 Å². The molecule has 0 aliphatic carbocycles. The summed E-state index contributed by atoms with van der Waals surface area (Å²) in [6.45, 7) is 11.0. The van der Waals surface area contributed by atoms with E-state index in [1.807, 2.05) is 0 Å². The molecule has 0 fully saturated rings. The first-order valence-corrected chi connectivity index (χ1v) is 6.95. The molecule has 2 aromatic rings. The van der Waals surface area contributed by atoms with Crippen LogP contribution < -0.4 is 30.1 Å². The molecule has 0 aromatic heterocycles. The van der Waals surface area contributed by atoms with Gasteiger partial charge in [0.2, 0.25) is 0 Å². The number of rotatable bonds is 3. The van der Waals surface area contributed by atoms with Crippen molar-refractivity contribution in [2.24, 2.45) is 0 Å². The molecule has 0 aliphatic rings. The third-order valence-electron chi connectivity index (χ3n) is 3.43. The van der Waals surface area contributed by atoms with E-state index in [1.54, 1.807) is 0 Å². The minimum absolute atomic E-state index is 0. The number of halogens is 2. The Morgan fingerprint density at radius 3 is 2.14 bits per heavy atom. The number of hydrogen-bond acceptors (Lipinski definition) is 1. The minimum atomic E-state index is 0. The minimum Gasteiger partial charge on any atom is -1.00 e. The Hall–Kier alpha value is -0.167. The predicted molar refractivity (Wildman–Crippen MR) is 84.1 cm³/mol. The van der Waals surface area contributed by atoms with Crippen LogP contribution in [0.1, 0.15) is 43.0 Å². The Balaban J connectivity index is 0. The van der Waals surface area contributed by atoms with E-state index in [1.165, 1.54) is 27.9 Å². The first-order chi connectivity index (χ1) is 8.87. The molecule has 0 spiro atoms. The molecule has 0 amide bonds. The molecule has 1 nitrogen and oxygen atoms in total. The van der Waals surface area contributed by atoms with E-state index in [0.29, 0.717) is 0 Å². The molecule has 0 atom stereocenters. The molecule has 2 aromatic carbocycles. The molecule has 2 rings (SSSR count). The number of para-hydroxylation sites is 1. The summed E-state index contributed by atoms with van der Waals surface area (Å²) in [4.78, 5) is 0. The standard InChI is InChI=1S/C18H24N.2ClH.Zr/c1-13-10-11-14(2)16(13)12-15-8-6-7-9-17(15)19-18(3,4)5;;;/h6-11,19H,12H2,1-5H3;2*1H;/q-1;;;+3/p-2. The van der Waals surface area contributed by atoms with E-state index >= 15 is 0 Å². The Morgan fingerprint density at radius 1 is 1.05 bits per heavy atom. The molecule has 0 bridgehead atoms. The van der Waals surface area contributed by atoms with Crippen molar-refractivity contribution in [2.75, 3.05) is 5.32 Å². The Bertz CT molecular complexity index is 551. The zero-order valence-corrected chi connectivity index (χ0v) is 17.9. The molecular weight excluding hydrogens is 392 g/mol. The van der Waals surface area contributed by atoms with Crippen LogP contribution in [0.4, 0.5) is 5.69 Å². The van der Waals surface area contributed by atoms with Gasteiger partial charge in [-0.25, -0.2) is 6.07 Å². The van der Waals surface area contributed by atoms with Crippen molar-refractivity contribution in [2.45, 2.75) is 46.6 Å². The van der Waals surface area contributed by atoms with Crippen LogP contribution >= 0.6 is 0 Å². The van der Waals surface area contributed by atoms with Crippen molar-refractivity contribution < 1.29 is 51.0 Å². The van der Waals surface area contributed by atoms with Gasteiger partial charge < -0.3 is 30.1 Å². The summed E-state index contributed by atoms with van der Waals surface area (Å²) in [5, 5.41) is 3.60. The zero-order valence-electron chi connectivity index (χ0n) is 13.9. The monoisotopic (exact) mass is 414 g/mol. The molecule has 1 radical (unpaired) electrons. The van der Waals surface area contributed by atoms with Crippen LogP contribution in [0.15, 0.2) is 36.4 Å². The second-order valence-corrected chi connectivity index (χ2v) is 6.39. The van der Waals surface area contributed by atoms with Gasteiger partial charge in [0, 0.05) is 11.2 Å². The van der Waals surface area contributed by atoms with Gasteiger partial charge in [-0.3, -0.25) is 0 Å². The first-order valence-electron chi connectivity index (χ1n) is 6.95. The van der Waals surface area contributed by atoms with Crippen LogP contribution in [0.3, 0.4) is 0 Å². The van der Waals surface area contributed by atoms with Crippen molar-refractivity contribution in [1.29, 1.82) is 0 Å². The SMILES string of the molecule is Cc1cc[c-](C)c1Cc1ccccc1NC(C)(C)C.[Cl-].[Cl-].[Zr+3]. The Labute approximate surface area is 166 Å². The summed E-state index contributed by atoms with van der Waals surface area (Å²) in [5.41, 5.74) is 6.95. The smallest absolute Gasteiger partial charge is 1.00 e. The molecule has 22 heavy (non-hydrogen) atoms. The number of hydrogen-bond donors (Lipinski definition) is 1. The summed E-state index contributed by atoms with van der Waals surface area (Å²) >= 11 is 0. The molecule has 0 unspecified atom stereocenters. The number of benzene rings is 1. The van der Waals surface area contributed by atoms with E-state index in [2.05, 4.69) is 76.3 Å². The van der Waals surface area contributed by atoms with Crippen LogP contribution in [0, 0.1) is 13.8 Å².